The third kappa shape index (κ3) is 4.68. The Hall–Kier alpha value is -3.11. The number of urea groups is 1. The lowest BCUT2D eigenvalue weighted by Crippen LogP contribution is -2.35. The Bertz CT molecular complexity index is 741. The van der Waals surface area contributed by atoms with Crippen LogP contribution in [0.3, 0.4) is 0 Å². The number of carbonyl (C=O) groups excluding carboxylic acids is 4. The molecule has 1 aromatic carbocycles. The molecule has 1 saturated heterocycles. The largest absolute Gasteiger partial charge is 0.347 e. The van der Waals surface area contributed by atoms with Crippen LogP contribution in [0.1, 0.15) is 12.8 Å². The van der Waals surface area contributed by atoms with Crippen LogP contribution in [-0.4, -0.2) is 36.3 Å². The first-order chi connectivity index (χ1) is 11.8. The van der Waals surface area contributed by atoms with Crippen molar-refractivity contribution in [2.45, 2.75) is 18.9 Å². The summed E-state index contributed by atoms with van der Waals surface area (Å²) in [4.78, 5) is 45.3. The first-order valence-electron chi connectivity index (χ1n) is 7.09. The van der Waals surface area contributed by atoms with Gasteiger partial charge in [0.2, 0.25) is 11.8 Å². The highest BCUT2D eigenvalue weighted by atomic mass is 19.2. The maximum atomic E-state index is 13.4. The molecule has 0 spiro atoms. The Labute approximate surface area is 139 Å². The lowest BCUT2D eigenvalue weighted by Gasteiger charge is -2.09. The summed E-state index contributed by atoms with van der Waals surface area (Å²) in [7, 11) is 0. The number of nitrogens with one attached hydrogen (secondary N) is 4. The average molecular weight is 358 g/mol. The average Bonchev–Trinajstić information content (AvgIpc) is 2.89. The molecule has 0 radical (unpaired) electrons. The molecule has 1 aliphatic rings. The zero-order valence-corrected chi connectivity index (χ0v) is 12.6. The summed E-state index contributed by atoms with van der Waals surface area (Å²) < 4.78 is 39.2. The molecule has 1 aliphatic heterocycles. The van der Waals surface area contributed by atoms with Crippen LogP contribution in [-0.2, 0) is 14.4 Å². The summed E-state index contributed by atoms with van der Waals surface area (Å²) in [5.41, 5.74) is -0.566. The van der Waals surface area contributed by atoms with Crippen LogP contribution in [0.2, 0.25) is 0 Å². The van der Waals surface area contributed by atoms with Crippen LogP contribution in [0.15, 0.2) is 12.1 Å². The highest BCUT2D eigenvalue weighted by molar-refractivity contribution is 6.04. The van der Waals surface area contributed by atoms with Crippen molar-refractivity contribution < 1.29 is 32.3 Å². The Balaban J connectivity index is 1.76. The van der Waals surface area contributed by atoms with E-state index in [0.29, 0.717) is 6.07 Å². The van der Waals surface area contributed by atoms with Gasteiger partial charge in [0.25, 0.3) is 5.91 Å². The number of halogens is 3. The molecule has 11 heteroatoms. The molecule has 0 unspecified atom stereocenters. The maximum absolute atomic E-state index is 13.4. The molecule has 25 heavy (non-hydrogen) atoms. The van der Waals surface area contributed by atoms with E-state index in [0.717, 1.165) is 6.07 Å². The van der Waals surface area contributed by atoms with E-state index in [1.54, 1.807) is 0 Å². The number of benzene rings is 1. The minimum atomic E-state index is -1.72. The van der Waals surface area contributed by atoms with Crippen LogP contribution >= 0.6 is 0 Å². The molecule has 4 N–H and O–H groups in total. The van der Waals surface area contributed by atoms with Gasteiger partial charge in [0, 0.05) is 6.42 Å². The van der Waals surface area contributed by atoms with Gasteiger partial charge < -0.3 is 16.0 Å². The predicted molar refractivity (Wildman–Crippen MR) is 77.7 cm³/mol. The second-order valence-electron chi connectivity index (χ2n) is 5.10. The van der Waals surface area contributed by atoms with Crippen molar-refractivity contribution in [3.63, 3.8) is 0 Å². The van der Waals surface area contributed by atoms with E-state index in [9.17, 15) is 32.3 Å². The quantitative estimate of drug-likeness (QED) is 0.428. The van der Waals surface area contributed by atoms with E-state index in [4.69, 9.17) is 0 Å². The molecule has 1 fully saturated rings. The SMILES string of the molecule is O=C(CC[C@@H]1NC(=O)NC1=O)NCC(=O)Nc1ccc(F)c(F)c1F. The van der Waals surface area contributed by atoms with Crippen molar-refractivity contribution in [1.29, 1.82) is 0 Å². The van der Waals surface area contributed by atoms with Gasteiger partial charge in [0.15, 0.2) is 17.5 Å². The van der Waals surface area contributed by atoms with Crippen molar-refractivity contribution in [2.75, 3.05) is 11.9 Å². The van der Waals surface area contributed by atoms with Crippen molar-refractivity contribution in [3.05, 3.63) is 29.6 Å². The molecule has 0 saturated carbocycles. The van der Waals surface area contributed by atoms with Crippen LogP contribution in [0.5, 0.6) is 0 Å². The van der Waals surface area contributed by atoms with Crippen LogP contribution in [0.4, 0.5) is 23.7 Å². The van der Waals surface area contributed by atoms with Crippen molar-refractivity contribution >= 4 is 29.4 Å². The number of amides is 5. The van der Waals surface area contributed by atoms with Crippen molar-refractivity contribution in [2.24, 2.45) is 0 Å². The fourth-order valence-corrected chi connectivity index (χ4v) is 2.02. The van der Waals surface area contributed by atoms with Crippen LogP contribution in [0, 0.1) is 17.5 Å². The summed E-state index contributed by atoms with van der Waals surface area (Å²) in [6.07, 6.45) is -0.117. The highest BCUT2D eigenvalue weighted by Crippen LogP contribution is 2.19. The minimum Gasteiger partial charge on any atom is -0.347 e. The predicted octanol–water partition coefficient (Wildman–Crippen LogP) is 0.147. The number of rotatable bonds is 6. The zero-order chi connectivity index (χ0) is 18.6. The van der Waals surface area contributed by atoms with Gasteiger partial charge >= 0.3 is 6.03 Å². The topological polar surface area (TPSA) is 116 Å². The van der Waals surface area contributed by atoms with E-state index >= 15 is 0 Å². The van der Waals surface area contributed by atoms with E-state index < -0.39 is 59.5 Å². The molecule has 2 rings (SSSR count). The molecular formula is C14H13F3N4O4. The van der Waals surface area contributed by atoms with Crippen LogP contribution in [0.25, 0.3) is 0 Å². The number of imide groups is 1. The number of anilines is 1. The van der Waals surface area contributed by atoms with Gasteiger partial charge in [-0.1, -0.05) is 0 Å². The first kappa shape index (κ1) is 18.2. The molecule has 0 aromatic heterocycles. The highest BCUT2D eigenvalue weighted by Gasteiger charge is 2.29. The molecule has 0 bridgehead atoms. The summed E-state index contributed by atoms with van der Waals surface area (Å²) in [6.45, 7) is -0.541. The lowest BCUT2D eigenvalue weighted by molar-refractivity contribution is -0.124. The first-order valence-corrected chi connectivity index (χ1v) is 7.09. The summed E-state index contributed by atoms with van der Waals surface area (Å²) >= 11 is 0. The van der Waals surface area contributed by atoms with Crippen LogP contribution < -0.4 is 21.3 Å². The Morgan fingerprint density at radius 1 is 1.08 bits per heavy atom. The maximum Gasteiger partial charge on any atom is 0.322 e. The van der Waals surface area contributed by atoms with E-state index in [2.05, 4.69) is 10.6 Å². The second-order valence-corrected chi connectivity index (χ2v) is 5.10. The third-order valence-electron chi connectivity index (χ3n) is 3.27. The monoisotopic (exact) mass is 358 g/mol. The van der Waals surface area contributed by atoms with Crippen molar-refractivity contribution in [1.82, 2.24) is 16.0 Å². The normalized spacial score (nSPS) is 16.2. The van der Waals surface area contributed by atoms with E-state index in [1.165, 1.54) is 0 Å². The fraction of sp³-hybridized carbons (Fsp3) is 0.286. The third-order valence-corrected chi connectivity index (χ3v) is 3.27. The standard InChI is InChI=1S/C14H13F3N4O4/c15-6-1-2-7(12(17)11(6)16)19-10(23)5-18-9(22)4-3-8-13(24)21-14(25)20-8/h1-2,8H,3-5H2,(H,18,22)(H,19,23)(H2,20,21,24,25)/t8-/m0/s1. The van der Waals surface area contributed by atoms with Gasteiger partial charge in [-0.15, -0.1) is 0 Å². The van der Waals surface area contributed by atoms with E-state index in [-0.39, 0.29) is 12.8 Å². The molecule has 1 heterocycles. The molecule has 8 nitrogen and oxygen atoms in total. The molecule has 1 atom stereocenters. The number of carbonyl (C=O) groups is 4. The molecule has 0 aliphatic carbocycles. The van der Waals surface area contributed by atoms with Gasteiger partial charge in [-0.05, 0) is 18.6 Å². The van der Waals surface area contributed by atoms with Gasteiger partial charge in [-0.2, -0.15) is 0 Å². The van der Waals surface area contributed by atoms with Gasteiger partial charge in [0.05, 0.1) is 12.2 Å². The summed E-state index contributed by atoms with van der Waals surface area (Å²) in [5, 5.41) is 8.51. The van der Waals surface area contributed by atoms with Crippen molar-refractivity contribution in [3.8, 4) is 0 Å². The number of hydrogen-bond donors (Lipinski definition) is 4. The Morgan fingerprint density at radius 3 is 2.44 bits per heavy atom. The number of hydrogen-bond acceptors (Lipinski definition) is 4. The van der Waals surface area contributed by atoms with Gasteiger partial charge in [0.1, 0.15) is 6.04 Å². The molecule has 134 valence electrons. The molecule has 1 aromatic rings. The molecular weight excluding hydrogens is 345 g/mol. The Morgan fingerprint density at radius 2 is 1.80 bits per heavy atom. The second kappa shape index (κ2) is 7.64. The van der Waals surface area contributed by atoms with Gasteiger partial charge in [-0.3, -0.25) is 19.7 Å². The smallest absolute Gasteiger partial charge is 0.322 e. The lowest BCUT2D eigenvalue weighted by atomic mass is 10.1. The minimum absolute atomic E-state index is 0.0306. The van der Waals surface area contributed by atoms with E-state index in [1.807, 2.05) is 10.6 Å². The van der Waals surface area contributed by atoms with Gasteiger partial charge in [-0.25, -0.2) is 18.0 Å². The summed E-state index contributed by atoms with van der Waals surface area (Å²) in [6, 6.07) is 0.00859. The zero-order valence-electron chi connectivity index (χ0n) is 12.6. The summed E-state index contributed by atoms with van der Waals surface area (Å²) in [5.74, 6) is -6.67. The Kier molecular flexibility index (Phi) is 5.57. The molecule has 5 amide bonds. The fourth-order valence-electron chi connectivity index (χ4n) is 2.02.